The van der Waals surface area contributed by atoms with E-state index in [9.17, 15) is 13.2 Å². The molecule has 0 radical (unpaired) electrons. The van der Waals surface area contributed by atoms with Gasteiger partial charge >= 0.3 is 6.18 Å². The average molecular weight is 288 g/mol. The third kappa shape index (κ3) is 2.67. The summed E-state index contributed by atoms with van der Waals surface area (Å²) in [5, 5.41) is 0.930. The number of hydrogen-bond acceptors (Lipinski definition) is 2. The van der Waals surface area contributed by atoms with Crippen LogP contribution in [0.5, 0.6) is 0 Å². The number of nitrogen functional groups attached to an aromatic ring is 1. The number of nitrogens with two attached hydrogens (primary N) is 1. The molecule has 1 heterocycles. The normalized spacial score (nSPS) is 11.8. The van der Waals surface area contributed by atoms with Gasteiger partial charge in [-0.05, 0) is 30.3 Å². The summed E-state index contributed by atoms with van der Waals surface area (Å²) in [4.78, 5) is 4.44. The lowest BCUT2D eigenvalue weighted by atomic mass is 10.1. The minimum absolute atomic E-state index is 0.597. The van der Waals surface area contributed by atoms with Gasteiger partial charge in [0, 0.05) is 16.6 Å². The molecule has 5 heteroatoms. The van der Waals surface area contributed by atoms with Gasteiger partial charge in [-0.25, -0.2) is 4.98 Å². The van der Waals surface area contributed by atoms with E-state index in [1.165, 1.54) is 12.1 Å². The van der Waals surface area contributed by atoms with Crippen molar-refractivity contribution in [2.45, 2.75) is 6.18 Å². The number of alkyl halides is 3. The molecule has 3 rings (SSSR count). The molecule has 0 amide bonds. The number of halogens is 3. The Kier molecular flexibility index (Phi) is 3.05. The molecule has 0 atom stereocenters. The van der Waals surface area contributed by atoms with Crippen molar-refractivity contribution in [3.8, 4) is 11.3 Å². The number of hydrogen-bond donors (Lipinski definition) is 1. The Morgan fingerprint density at radius 2 is 1.52 bits per heavy atom. The number of pyridine rings is 1. The van der Waals surface area contributed by atoms with Crippen LogP contribution in [0, 0.1) is 0 Å². The lowest BCUT2D eigenvalue weighted by Crippen LogP contribution is -2.04. The third-order valence-electron chi connectivity index (χ3n) is 3.22. The van der Waals surface area contributed by atoms with Crippen LogP contribution >= 0.6 is 0 Å². The van der Waals surface area contributed by atoms with E-state index in [0.717, 1.165) is 17.5 Å². The lowest BCUT2D eigenvalue weighted by Gasteiger charge is -2.08. The molecule has 3 aromatic rings. The Bertz CT molecular complexity index is 793. The molecule has 0 spiro atoms. The summed E-state index contributed by atoms with van der Waals surface area (Å²) in [6.45, 7) is 0. The van der Waals surface area contributed by atoms with Crippen LogP contribution in [0.3, 0.4) is 0 Å². The van der Waals surface area contributed by atoms with Crippen LogP contribution in [0.15, 0.2) is 54.6 Å². The van der Waals surface area contributed by atoms with Crippen molar-refractivity contribution in [3.63, 3.8) is 0 Å². The van der Waals surface area contributed by atoms with Crippen LogP contribution in [-0.4, -0.2) is 4.98 Å². The number of anilines is 1. The molecule has 0 aliphatic rings. The summed E-state index contributed by atoms with van der Waals surface area (Å²) in [6.07, 6.45) is -4.33. The maximum Gasteiger partial charge on any atom is 0.416 e. The molecule has 106 valence electrons. The van der Waals surface area contributed by atoms with Gasteiger partial charge in [0.05, 0.1) is 16.8 Å². The summed E-state index contributed by atoms with van der Waals surface area (Å²) < 4.78 is 37.6. The van der Waals surface area contributed by atoms with Crippen molar-refractivity contribution >= 4 is 16.6 Å². The summed E-state index contributed by atoms with van der Waals surface area (Å²) >= 11 is 0. The molecule has 21 heavy (non-hydrogen) atoms. The molecule has 0 saturated carbocycles. The predicted molar refractivity (Wildman–Crippen MR) is 76.6 cm³/mol. The molecule has 0 aliphatic carbocycles. The highest BCUT2D eigenvalue weighted by Crippen LogP contribution is 2.31. The number of aromatic nitrogens is 1. The number of fused-ring (bicyclic) bond motifs is 1. The number of nitrogens with zero attached hydrogens (tertiary/aromatic N) is 1. The van der Waals surface area contributed by atoms with Crippen molar-refractivity contribution in [1.82, 2.24) is 4.98 Å². The first kappa shape index (κ1) is 13.4. The second kappa shape index (κ2) is 4.77. The van der Waals surface area contributed by atoms with E-state index in [2.05, 4.69) is 4.98 Å². The van der Waals surface area contributed by atoms with Crippen LogP contribution in [0.1, 0.15) is 5.56 Å². The minimum Gasteiger partial charge on any atom is -0.399 e. The molecule has 2 nitrogen and oxygen atoms in total. The van der Waals surface area contributed by atoms with E-state index in [-0.39, 0.29) is 0 Å². The molecule has 0 aliphatic heterocycles. The molecule has 1 aromatic heterocycles. The summed E-state index contributed by atoms with van der Waals surface area (Å²) in [5.41, 5.74) is 7.60. The van der Waals surface area contributed by atoms with Crippen molar-refractivity contribution in [2.75, 3.05) is 5.73 Å². The Hall–Kier alpha value is -2.56. The SMILES string of the molecule is Nc1ccc2ccc(-c3ccc(C(F)(F)F)cc3)nc2c1. The third-order valence-corrected chi connectivity index (χ3v) is 3.22. The molecule has 2 N–H and O–H groups in total. The van der Waals surface area contributed by atoms with Crippen LogP contribution in [0.4, 0.5) is 18.9 Å². The van der Waals surface area contributed by atoms with Crippen LogP contribution in [0.25, 0.3) is 22.2 Å². The molecule has 0 bridgehead atoms. The largest absolute Gasteiger partial charge is 0.416 e. The van der Waals surface area contributed by atoms with E-state index in [1.54, 1.807) is 18.2 Å². The van der Waals surface area contributed by atoms with Crippen LogP contribution in [-0.2, 0) is 6.18 Å². The van der Waals surface area contributed by atoms with Gasteiger partial charge in [-0.3, -0.25) is 0 Å². The van der Waals surface area contributed by atoms with Crippen molar-refractivity contribution < 1.29 is 13.2 Å². The van der Waals surface area contributed by atoms with Gasteiger partial charge in [0.25, 0.3) is 0 Å². The van der Waals surface area contributed by atoms with Crippen LogP contribution < -0.4 is 5.73 Å². The average Bonchev–Trinajstić information content (AvgIpc) is 2.45. The summed E-state index contributed by atoms with van der Waals surface area (Å²) in [7, 11) is 0. The van der Waals surface area contributed by atoms with Crippen LogP contribution in [0.2, 0.25) is 0 Å². The standard InChI is InChI=1S/C16H11F3N2/c17-16(18,19)12-5-1-10(2-6-12)14-8-4-11-3-7-13(20)9-15(11)21-14/h1-9H,20H2. The van der Waals surface area contributed by atoms with Gasteiger partial charge < -0.3 is 5.73 Å². The van der Waals surface area contributed by atoms with E-state index >= 15 is 0 Å². The first-order valence-corrected chi connectivity index (χ1v) is 6.27. The van der Waals surface area contributed by atoms with Gasteiger partial charge in [-0.1, -0.05) is 24.3 Å². The first-order chi connectivity index (χ1) is 9.93. The zero-order valence-corrected chi connectivity index (χ0v) is 10.9. The van der Waals surface area contributed by atoms with E-state index in [1.807, 2.05) is 12.1 Å². The monoisotopic (exact) mass is 288 g/mol. The van der Waals surface area contributed by atoms with E-state index in [0.29, 0.717) is 22.5 Å². The van der Waals surface area contributed by atoms with Crippen molar-refractivity contribution in [1.29, 1.82) is 0 Å². The zero-order valence-electron chi connectivity index (χ0n) is 10.9. The van der Waals surface area contributed by atoms with Gasteiger partial charge in [-0.15, -0.1) is 0 Å². The Morgan fingerprint density at radius 1 is 0.857 bits per heavy atom. The second-order valence-corrected chi connectivity index (χ2v) is 4.72. The topological polar surface area (TPSA) is 38.9 Å². The maximum atomic E-state index is 12.5. The molecule has 2 aromatic carbocycles. The molecule has 0 saturated heterocycles. The highest BCUT2D eigenvalue weighted by atomic mass is 19.4. The Labute approximate surface area is 119 Å². The van der Waals surface area contributed by atoms with E-state index in [4.69, 9.17) is 5.73 Å². The van der Waals surface area contributed by atoms with Gasteiger partial charge in [0.2, 0.25) is 0 Å². The van der Waals surface area contributed by atoms with Crippen molar-refractivity contribution in [2.24, 2.45) is 0 Å². The Morgan fingerprint density at radius 3 is 2.19 bits per heavy atom. The fraction of sp³-hybridized carbons (Fsp3) is 0.0625. The zero-order chi connectivity index (χ0) is 15.0. The highest BCUT2D eigenvalue weighted by molar-refractivity contribution is 5.84. The minimum atomic E-state index is -4.33. The van der Waals surface area contributed by atoms with Gasteiger partial charge in [0.15, 0.2) is 0 Å². The smallest absolute Gasteiger partial charge is 0.399 e. The lowest BCUT2D eigenvalue weighted by molar-refractivity contribution is -0.137. The fourth-order valence-corrected chi connectivity index (χ4v) is 2.12. The first-order valence-electron chi connectivity index (χ1n) is 6.27. The summed E-state index contributed by atoms with van der Waals surface area (Å²) in [5.74, 6) is 0. The maximum absolute atomic E-state index is 12.5. The van der Waals surface area contributed by atoms with Crippen molar-refractivity contribution in [3.05, 3.63) is 60.2 Å². The molecular formula is C16H11F3N2. The quantitative estimate of drug-likeness (QED) is 0.669. The van der Waals surface area contributed by atoms with Gasteiger partial charge in [-0.2, -0.15) is 13.2 Å². The Balaban J connectivity index is 2.04. The number of benzene rings is 2. The molecule has 0 unspecified atom stereocenters. The highest BCUT2D eigenvalue weighted by Gasteiger charge is 2.29. The van der Waals surface area contributed by atoms with Gasteiger partial charge in [0.1, 0.15) is 0 Å². The second-order valence-electron chi connectivity index (χ2n) is 4.72. The molecular weight excluding hydrogens is 277 g/mol. The summed E-state index contributed by atoms with van der Waals surface area (Å²) in [6, 6.07) is 14.0. The predicted octanol–water partition coefficient (Wildman–Crippen LogP) is 4.50. The van der Waals surface area contributed by atoms with E-state index < -0.39 is 11.7 Å². The number of rotatable bonds is 1. The molecule has 0 fully saturated rings. The fourth-order valence-electron chi connectivity index (χ4n) is 2.12.